The second-order valence-electron chi connectivity index (χ2n) is 7.82. The first-order valence-electron chi connectivity index (χ1n) is 9.68. The molecule has 1 aliphatic carbocycles. The highest BCUT2D eigenvalue weighted by Crippen LogP contribution is 2.39. The Morgan fingerprint density at radius 2 is 2.19 bits per heavy atom. The van der Waals surface area contributed by atoms with Crippen molar-refractivity contribution in [3.05, 3.63) is 59.5 Å². The fourth-order valence-corrected chi connectivity index (χ4v) is 4.82. The van der Waals surface area contributed by atoms with Crippen LogP contribution in [-0.4, -0.2) is 41.9 Å². The van der Waals surface area contributed by atoms with Crippen LogP contribution in [0.25, 0.3) is 0 Å². The van der Waals surface area contributed by atoms with E-state index in [1.165, 1.54) is 19.3 Å². The predicted octanol–water partition coefficient (Wildman–Crippen LogP) is 3.52. The molecule has 5 heteroatoms. The maximum atomic E-state index is 13.0. The van der Waals surface area contributed by atoms with Gasteiger partial charge in [-0.05, 0) is 62.1 Å². The van der Waals surface area contributed by atoms with E-state index < -0.39 is 0 Å². The molecule has 0 bridgehead atoms. The highest BCUT2D eigenvalue weighted by molar-refractivity contribution is 5.94. The molecule has 4 rings (SSSR count). The van der Waals surface area contributed by atoms with Crippen LogP contribution in [0.1, 0.15) is 40.9 Å². The number of nitriles is 1. The van der Waals surface area contributed by atoms with Crippen molar-refractivity contribution in [2.75, 3.05) is 20.1 Å². The van der Waals surface area contributed by atoms with Gasteiger partial charge in [0.25, 0.3) is 5.91 Å². The zero-order valence-electron chi connectivity index (χ0n) is 15.7. The Bertz CT molecular complexity index is 839. The Morgan fingerprint density at radius 1 is 1.30 bits per heavy atom. The highest BCUT2D eigenvalue weighted by Gasteiger charge is 2.43. The summed E-state index contributed by atoms with van der Waals surface area (Å²) in [6.45, 7) is 2.43. The summed E-state index contributed by atoms with van der Waals surface area (Å²) in [5.41, 5.74) is 1.15. The highest BCUT2D eigenvalue weighted by atomic mass is 16.3. The van der Waals surface area contributed by atoms with Crippen molar-refractivity contribution < 1.29 is 9.21 Å². The number of carbonyl (C=O) groups is 1. The molecule has 2 aliphatic rings. The SMILES string of the molecule is CN(Cc1ccco1)[C@@H]1CCC[C@@H]2CN(C(=O)c3cccc(C#N)c3)C[C@H]21. The van der Waals surface area contributed by atoms with Gasteiger partial charge in [0.05, 0.1) is 24.4 Å². The topological polar surface area (TPSA) is 60.5 Å². The zero-order valence-corrected chi connectivity index (χ0v) is 15.7. The van der Waals surface area contributed by atoms with E-state index in [4.69, 9.17) is 9.68 Å². The smallest absolute Gasteiger partial charge is 0.253 e. The molecular weight excluding hydrogens is 338 g/mol. The van der Waals surface area contributed by atoms with Crippen LogP contribution in [0.15, 0.2) is 47.1 Å². The quantitative estimate of drug-likeness (QED) is 0.834. The van der Waals surface area contributed by atoms with Gasteiger partial charge in [0.2, 0.25) is 0 Å². The monoisotopic (exact) mass is 363 g/mol. The van der Waals surface area contributed by atoms with Crippen LogP contribution in [0.3, 0.4) is 0 Å². The first kappa shape index (κ1) is 17.8. The summed E-state index contributed by atoms with van der Waals surface area (Å²) < 4.78 is 5.51. The van der Waals surface area contributed by atoms with Gasteiger partial charge >= 0.3 is 0 Å². The standard InChI is InChI=1S/C22H25N3O2/c1-24(14-19-8-4-10-27-19)21-9-3-7-18-13-25(15-20(18)21)22(26)17-6-2-5-16(11-17)12-23/h2,4-6,8,10-11,18,20-21H,3,7,9,13-15H2,1H3/t18-,20-,21-/m1/s1. The average molecular weight is 363 g/mol. The van der Waals surface area contributed by atoms with Gasteiger partial charge in [-0.1, -0.05) is 12.5 Å². The molecule has 1 amide bonds. The van der Waals surface area contributed by atoms with E-state index in [2.05, 4.69) is 18.0 Å². The van der Waals surface area contributed by atoms with Crippen molar-refractivity contribution >= 4 is 5.91 Å². The molecule has 140 valence electrons. The van der Waals surface area contributed by atoms with Crippen LogP contribution in [0.5, 0.6) is 0 Å². The van der Waals surface area contributed by atoms with E-state index in [1.807, 2.05) is 23.1 Å². The molecule has 2 fully saturated rings. The Labute approximate surface area is 160 Å². The third-order valence-corrected chi connectivity index (χ3v) is 6.14. The Hall–Kier alpha value is -2.58. The number of hydrogen-bond donors (Lipinski definition) is 0. The number of amides is 1. The maximum absolute atomic E-state index is 13.0. The lowest BCUT2D eigenvalue weighted by Crippen LogP contribution is -2.43. The lowest BCUT2D eigenvalue weighted by Gasteiger charge is -2.38. The van der Waals surface area contributed by atoms with Crippen molar-refractivity contribution in [1.29, 1.82) is 5.26 Å². The van der Waals surface area contributed by atoms with Gasteiger partial charge in [-0.15, -0.1) is 0 Å². The summed E-state index contributed by atoms with van der Waals surface area (Å²) >= 11 is 0. The van der Waals surface area contributed by atoms with Gasteiger partial charge in [-0.2, -0.15) is 5.26 Å². The second kappa shape index (κ2) is 7.58. The number of benzene rings is 1. The summed E-state index contributed by atoms with van der Waals surface area (Å²) in [5.74, 6) is 2.10. The number of nitrogens with zero attached hydrogens (tertiary/aromatic N) is 3. The molecule has 2 heterocycles. The van der Waals surface area contributed by atoms with Gasteiger partial charge in [0.1, 0.15) is 5.76 Å². The molecule has 0 spiro atoms. The Balaban J connectivity index is 1.47. The minimum atomic E-state index is 0.0499. The summed E-state index contributed by atoms with van der Waals surface area (Å²) in [5, 5.41) is 9.09. The normalized spacial score (nSPS) is 24.6. The number of rotatable bonds is 4. The second-order valence-corrected chi connectivity index (χ2v) is 7.82. The molecule has 1 saturated carbocycles. The third kappa shape index (κ3) is 3.63. The minimum Gasteiger partial charge on any atom is -0.468 e. The first-order chi connectivity index (χ1) is 13.2. The van der Waals surface area contributed by atoms with Crippen molar-refractivity contribution in [2.24, 2.45) is 11.8 Å². The van der Waals surface area contributed by atoms with E-state index in [1.54, 1.807) is 24.5 Å². The van der Waals surface area contributed by atoms with Crippen molar-refractivity contribution in [2.45, 2.75) is 31.8 Å². The molecule has 0 radical (unpaired) electrons. The fraction of sp³-hybridized carbons (Fsp3) is 0.455. The average Bonchev–Trinajstić information content (AvgIpc) is 3.36. The van der Waals surface area contributed by atoms with Gasteiger partial charge in [0.15, 0.2) is 0 Å². The molecule has 1 aromatic heterocycles. The van der Waals surface area contributed by atoms with E-state index in [0.717, 1.165) is 25.4 Å². The molecule has 3 atom stereocenters. The molecule has 27 heavy (non-hydrogen) atoms. The van der Waals surface area contributed by atoms with E-state index in [-0.39, 0.29) is 5.91 Å². The molecule has 0 N–H and O–H groups in total. The molecule has 2 aromatic rings. The van der Waals surface area contributed by atoms with Crippen LogP contribution in [0.4, 0.5) is 0 Å². The third-order valence-electron chi connectivity index (χ3n) is 6.14. The van der Waals surface area contributed by atoms with Crippen LogP contribution in [0.2, 0.25) is 0 Å². The Morgan fingerprint density at radius 3 is 2.96 bits per heavy atom. The molecule has 1 saturated heterocycles. The van der Waals surface area contributed by atoms with Gasteiger partial charge in [-0.25, -0.2) is 0 Å². The van der Waals surface area contributed by atoms with Gasteiger partial charge in [-0.3, -0.25) is 9.69 Å². The van der Waals surface area contributed by atoms with E-state index in [0.29, 0.717) is 29.0 Å². The number of fused-ring (bicyclic) bond motifs is 1. The summed E-state index contributed by atoms with van der Waals surface area (Å²) in [6.07, 6.45) is 5.29. The lowest BCUT2D eigenvalue weighted by atomic mass is 9.77. The molecule has 5 nitrogen and oxygen atoms in total. The molecule has 1 aromatic carbocycles. The fourth-order valence-electron chi connectivity index (χ4n) is 4.82. The van der Waals surface area contributed by atoms with Crippen LogP contribution in [-0.2, 0) is 6.54 Å². The molecule has 0 unspecified atom stereocenters. The van der Waals surface area contributed by atoms with Crippen molar-refractivity contribution in [3.63, 3.8) is 0 Å². The van der Waals surface area contributed by atoms with Gasteiger partial charge < -0.3 is 9.32 Å². The zero-order chi connectivity index (χ0) is 18.8. The maximum Gasteiger partial charge on any atom is 0.253 e. The minimum absolute atomic E-state index is 0.0499. The summed E-state index contributed by atoms with van der Waals surface area (Å²) in [7, 11) is 2.16. The largest absolute Gasteiger partial charge is 0.468 e. The molecule has 1 aliphatic heterocycles. The number of likely N-dealkylation sites (tertiary alicyclic amines) is 1. The van der Waals surface area contributed by atoms with E-state index >= 15 is 0 Å². The lowest BCUT2D eigenvalue weighted by molar-refractivity contribution is 0.0767. The number of furan rings is 1. The van der Waals surface area contributed by atoms with Crippen molar-refractivity contribution in [3.8, 4) is 6.07 Å². The van der Waals surface area contributed by atoms with Crippen LogP contribution < -0.4 is 0 Å². The van der Waals surface area contributed by atoms with Crippen LogP contribution in [0, 0.1) is 23.2 Å². The van der Waals surface area contributed by atoms with Crippen LogP contribution >= 0.6 is 0 Å². The first-order valence-corrected chi connectivity index (χ1v) is 9.68. The van der Waals surface area contributed by atoms with Gasteiger partial charge in [0, 0.05) is 24.7 Å². The summed E-state index contributed by atoms with van der Waals surface area (Å²) in [6, 6.07) is 13.6. The summed E-state index contributed by atoms with van der Waals surface area (Å²) in [4.78, 5) is 17.4. The van der Waals surface area contributed by atoms with Crippen molar-refractivity contribution in [1.82, 2.24) is 9.80 Å². The Kier molecular flexibility index (Phi) is 5.00. The predicted molar refractivity (Wildman–Crippen MR) is 102 cm³/mol. The number of hydrogen-bond acceptors (Lipinski definition) is 4. The van der Waals surface area contributed by atoms with E-state index in [9.17, 15) is 4.79 Å². The molecular formula is C22H25N3O2. The number of carbonyl (C=O) groups excluding carboxylic acids is 1.